The van der Waals surface area contributed by atoms with Gasteiger partial charge < -0.3 is 10.1 Å². The molecule has 2 aromatic rings. The van der Waals surface area contributed by atoms with Crippen LogP contribution in [0.4, 0.5) is 13.2 Å². The number of halogens is 4. The number of ether oxygens (including phenoxy) is 1. The molecule has 2 nitrogen and oxygen atoms in total. The highest BCUT2D eigenvalue weighted by atomic mass is 79.9. The van der Waals surface area contributed by atoms with Crippen LogP contribution in [0.15, 0.2) is 46.9 Å². The molecule has 0 atom stereocenters. The van der Waals surface area contributed by atoms with Crippen molar-refractivity contribution >= 4 is 15.9 Å². The summed E-state index contributed by atoms with van der Waals surface area (Å²) in [7, 11) is 0. The van der Waals surface area contributed by atoms with Gasteiger partial charge in [0.25, 0.3) is 0 Å². The van der Waals surface area contributed by atoms with Crippen molar-refractivity contribution in [1.82, 2.24) is 5.32 Å². The maximum atomic E-state index is 13.7. The minimum absolute atomic E-state index is 0.0109. The summed E-state index contributed by atoms with van der Waals surface area (Å²) < 4.78 is 47.2. The van der Waals surface area contributed by atoms with Crippen LogP contribution in [0.2, 0.25) is 0 Å². The molecule has 1 aliphatic rings. The Morgan fingerprint density at radius 1 is 1.04 bits per heavy atom. The first-order chi connectivity index (χ1) is 11.0. The maximum Gasteiger partial charge on any atom is 0.417 e. The third-order valence-electron chi connectivity index (χ3n) is 3.82. The SMILES string of the molecule is FC(F)(F)c1c(COC2CNC2)cccc1-c1ccccc1Br. The molecule has 0 radical (unpaired) electrons. The lowest BCUT2D eigenvalue weighted by Gasteiger charge is -2.28. The first kappa shape index (κ1) is 16.5. The number of rotatable bonds is 4. The van der Waals surface area contributed by atoms with E-state index >= 15 is 0 Å². The van der Waals surface area contributed by atoms with E-state index in [0.717, 1.165) is 0 Å². The fraction of sp³-hybridized carbons (Fsp3) is 0.294. The van der Waals surface area contributed by atoms with Crippen LogP contribution in [0.1, 0.15) is 11.1 Å². The van der Waals surface area contributed by atoms with Crippen molar-refractivity contribution in [2.24, 2.45) is 0 Å². The molecule has 0 bridgehead atoms. The van der Waals surface area contributed by atoms with Crippen molar-refractivity contribution < 1.29 is 17.9 Å². The Labute approximate surface area is 140 Å². The molecule has 0 aromatic heterocycles. The monoisotopic (exact) mass is 385 g/mol. The van der Waals surface area contributed by atoms with E-state index in [0.29, 0.717) is 23.1 Å². The molecule has 3 rings (SSSR count). The Kier molecular flexibility index (Phi) is 4.75. The largest absolute Gasteiger partial charge is 0.417 e. The van der Waals surface area contributed by atoms with Gasteiger partial charge in [-0.3, -0.25) is 0 Å². The van der Waals surface area contributed by atoms with Gasteiger partial charge in [0.15, 0.2) is 0 Å². The molecular weight excluding hydrogens is 371 g/mol. The lowest BCUT2D eigenvalue weighted by molar-refractivity contribution is -0.138. The normalized spacial score (nSPS) is 15.5. The average molecular weight is 386 g/mol. The van der Waals surface area contributed by atoms with Gasteiger partial charge in [-0.15, -0.1) is 0 Å². The smallest absolute Gasteiger partial charge is 0.371 e. The van der Waals surface area contributed by atoms with Gasteiger partial charge in [0, 0.05) is 17.6 Å². The number of alkyl halides is 3. The summed E-state index contributed by atoms with van der Waals surface area (Å²) in [5.74, 6) is 0. The van der Waals surface area contributed by atoms with E-state index in [2.05, 4.69) is 21.2 Å². The summed E-state index contributed by atoms with van der Waals surface area (Å²) in [5, 5.41) is 3.03. The fourth-order valence-electron chi connectivity index (χ4n) is 2.55. The van der Waals surface area contributed by atoms with E-state index in [4.69, 9.17) is 4.74 Å². The molecule has 1 heterocycles. The highest BCUT2D eigenvalue weighted by molar-refractivity contribution is 9.10. The quantitative estimate of drug-likeness (QED) is 0.828. The Morgan fingerprint density at radius 2 is 1.74 bits per heavy atom. The van der Waals surface area contributed by atoms with Crippen LogP contribution in [0.3, 0.4) is 0 Å². The van der Waals surface area contributed by atoms with Gasteiger partial charge in [0.2, 0.25) is 0 Å². The second kappa shape index (κ2) is 6.63. The van der Waals surface area contributed by atoms with Crippen LogP contribution < -0.4 is 5.32 Å². The van der Waals surface area contributed by atoms with E-state index in [1.165, 1.54) is 12.1 Å². The zero-order valence-corrected chi connectivity index (χ0v) is 13.7. The number of benzene rings is 2. The Bertz CT molecular complexity index is 698. The summed E-state index contributed by atoms with van der Waals surface area (Å²) >= 11 is 3.33. The van der Waals surface area contributed by atoms with E-state index in [1.54, 1.807) is 30.3 Å². The van der Waals surface area contributed by atoms with Crippen LogP contribution in [-0.4, -0.2) is 19.2 Å². The predicted octanol–water partition coefficient (Wildman–Crippen LogP) is 4.62. The highest BCUT2D eigenvalue weighted by Crippen LogP contribution is 2.41. The third kappa shape index (κ3) is 3.59. The number of hydrogen-bond acceptors (Lipinski definition) is 2. The molecule has 1 saturated heterocycles. The molecule has 1 fully saturated rings. The summed E-state index contributed by atoms with van der Waals surface area (Å²) in [6.07, 6.45) is -4.45. The molecule has 0 aliphatic carbocycles. The molecule has 1 N–H and O–H groups in total. The minimum Gasteiger partial charge on any atom is -0.371 e. The molecule has 23 heavy (non-hydrogen) atoms. The molecule has 122 valence electrons. The molecule has 6 heteroatoms. The summed E-state index contributed by atoms with van der Waals surface area (Å²) in [4.78, 5) is 0. The topological polar surface area (TPSA) is 21.3 Å². The Hall–Kier alpha value is -1.37. The highest BCUT2D eigenvalue weighted by Gasteiger charge is 2.37. The molecule has 0 amide bonds. The fourth-order valence-corrected chi connectivity index (χ4v) is 3.05. The van der Waals surface area contributed by atoms with Crippen molar-refractivity contribution in [3.8, 4) is 11.1 Å². The second-order valence-corrected chi connectivity index (χ2v) is 6.26. The van der Waals surface area contributed by atoms with Crippen LogP contribution in [-0.2, 0) is 17.5 Å². The van der Waals surface area contributed by atoms with Crippen molar-refractivity contribution in [3.05, 3.63) is 58.1 Å². The van der Waals surface area contributed by atoms with Crippen molar-refractivity contribution in [3.63, 3.8) is 0 Å². The van der Waals surface area contributed by atoms with E-state index in [9.17, 15) is 13.2 Å². The Morgan fingerprint density at radius 3 is 2.35 bits per heavy atom. The molecule has 1 aliphatic heterocycles. The van der Waals surface area contributed by atoms with Crippen molar-refractivity contribution in [2.45, 2.75) is 18.9 Å². The molecule has 0 spiro atoms. The van der Waals surface area contributed by atoms with Crippen LogP contribution >= 0.6 is 15.9 Å². The standard InChI is InChI=1S/C17H15BrF3NO/c18-15-7-2-1-5-13(15)14-6-3-4-11(16(14)17(19,20)21)10-23-12-8-22-9-12/h1-7,12,22H,8-10H2. The van der Waals surface area contributed by atoms with Crippen LogP contribution in [0.25, 0.3) is 11.1 Å². The van der Waals surface area contributed by atoms with Gasteiger partial charge in [0.1, 0.15) is 0 Å². The summed E-state index contributed by atoms with van der Waals surface area (Å²) in [6.45, 7) is 1.33. The van der Waals surface area contributed by atoms with Gasteiger partial charge in [-0.05, 0) is 22.8 Å². The molecule has 0 unspecified atom stereocenters. The number of hydrogen-bond donors (Lipinski definition) is 1. The molecule has 2 aromatic carbocycles. The summed E-state index contributed by atoms with van der Waals surface area (Å²) in [5.41, 5.74) is 0.224. The zero-order valence-electron chi connectivity index (χ0n) is 12.2. The van der Waals surface area contributed by atoms with Gasteiger partial charge >= 0.3 is 6.18 Å². The Balaban J connectivity index is 2.03. The van der Waals surface area contributed by atoms with Crippen molar-refractivity contribution in [2.75, 3.05) is 13.1 Å². The summed E-state index contributed by atoms with van der Waals surface area (Å²) in [6, 6.07) is 11.5. The van der Waals surface area contributed by atoms with E-state index in [-0.39, 0.29) is 23.8 Å². The number of nitrogens with one attached hydrogen (secondary N) is 1. The van der Waals surface area contributed by atoms with Gasteiger partial charge in [-0.1, -0.05) is 52.3 Å². The van der Waals surface area contributed by atoms with Crippen LogP contribution in [0, 0.1) is 0 Å². The maximum absolute atomic E-state index is 13.7. The van der Waals surface area contributed by atoms with Gasteiger partial charge in [-0.2, -0.15) is 13.2 Å². The lowest BCUT2D eigenvalue weighted by atomic mass is 9.95. The average Bonchev–Trinajstić information content (AvgIpc) is 2.45. The lowest BCUT2D eigenvalue weighted by Crippen LogP contribution is -2.48. The second-order valence-electron chi connectivity index (χ2n) is 5.41. The van der Waals surface area contributed by atoms with Gasteiger partial charge in [0.05, 0.1) is 18.3 Å². The third-order valence-corrected chi connectivity index (χ3v) is 4.51. The molecular formula is C17H15BrF3NO. The van der Waals surface area contributed by atoms with Crippen LogP contribution in [0.5, 0.6) is 0 Å². The molecule has 0 saturated carbocycles. The minimum atomic E-state index is -4.44. The van der Waals surface area contributed by atoms with E-state index < -0.39 is 11.7 Å². The predicted molar refractivity (Wildman–Crippen MR) is 86.0 cm³/mol. The van der Waals surface area contributed by atoms with Crippen molar-refractivity contribution in [1.29, 1.82) is 0 Å². The first-order valence-corrected chi connectivity index (χ1v) is 8.02. The first-order valence-electron chi connectivity index (χ1n) is 7.23. The zero-order chi connectivity index (χ0) is 16.4. The van der Waals surface area contributed by atoms with Gasteiger partial charge in [-0.25, -0.2) is 0 Å². The van der Waals surface area contributed by atoms with E-state index in [1.807, 2.05) is 0 Å².